The summed E-state index contributed by atoms with van der Waals surface area (Å²) >= 11 is 6.80. The van der Waals surface area contributed by atoms with E-state index in [1.807, 2.05) is 104 Å². The maximum Gasteiger partial charge on any atom is 0.293 e. The molecule has 0 spiro atoms. The number of hydrogen-bond acceptors (Lipinski definition) is 14. The molecule has 8 aromatic rings. The van der Waals surface area contributed by atoms with Crippen LogP contribution in [0.25, 0.3) is 21.9 Å². The molecule has 5 heterocycles. The molecular formula is C53H54Br2N6O9. The molecule has 1 aliphatic heterocycles. The number of carbonyl (C=O) groups excluding carboxylic acids is 1. The number of benzene rings is 4. The molecule has 70 heavy (non-hydrogen) atoms. The third-order valence-electron chi connectivity index (χ3n) is 11.4. The number of amides is 1. The molecule has 0 saturated carbocycles. The van der Waals surface area contributed by atoms with E-state index in [4.69, 9.17) is 37.5 Å². The Balaban J connectivity index is 0.000000203. The normalized spacial score (nSPS) is 13.6. The standard InChI is InChI=1S/C26H26BrN3O5.C26H24BrN3O4.CH4/c1-16-5-4-6-23-19(16)13-24(35-23)22(28-14-17-7-9-18(32-2)10-8-17)15-34-30-25(31)21-12-11-20(27)26(29-21)33-3;1-16-5-4-6-23-19(16)13-24(34-23)22-15-33-29-25(21-12-11-20(27)26(28-21)32-3)30(22)14-17-7-9-18(31-2)10-8-17;/h4-13,22,28H,14-15H2,1-3H3,(H,30,31);4-13,22H,14-15H2,1-3H3;1H4/t2*22-;/m11./s1. The maximum absolute atomic E-state index is 12.5. The van der Waals surface area contributed by atoms with Crippen LogP contribution in [0.3, 0.4) is 0 Å². The SMILES string of the molecule is C.COc1ccc(CN2C(c3ccc(Br)c(OC)n3)=NOC[C@@H]2c2cc3c(C)cccc3o2)cc1.COc1ccc(CN[C@H](CONC(=O)c2ccc(Br)c(OC)n2)c2cc3c(C)cccc3o2)cc1. The number of aryl methyl sites for hydroxylation is 2. The summed E-state index contributed by atoms with van der Waals surface area (Å²) in [6, 6.07) is 38.4. The second kappa shape index (κ2) is 23.6. The van der Waals surface area contributed by atoms with Gasteiger partial charge in [0.2, 0.25) is 11.8 Å². The molecule has 15 nitrogen and oxygen atoms in total. The van der Waals surface area contributed by atoms with E-state index in [0.29, 0.717) is 53.2 Å². The van der Waals surface area contributed by atoms with Crippen molar-refractivity contribution >= 4 is 65.5 Å². The molecule has 0 radical (unpaired) electrons. The number of hydrogen-bond donors (Lipinski definition) is 2. The molecule has 9 rings (SSSR count). The number of amidine groups is 1. The van der Waals surface area contributed by atoms with E-state index in [0.717, 1.165) is 60.4 Å². The number of nitrogens with one attached hydrogen (secondary N) is 2. The highest BCUT2D eigenvalue weighted by Crippen LogP contribution is 2.35. The summed E-state index contributed by atoms with van der Waals surface area (Å²) in [5.74, 6) is 4.04. The largest absolute Gasteiger partial charge is 0.497 e. The zero-order valence-electron chi connectivity index (χ0n) is 38.7. The number of rotatable bonds is 16. The van der Waals surface area contributed by atoms with E-state index >= 15 is 0 Å². The summed E-state index contributed by atoms with van der Waals surface area (Å²) in [7, 11) is 6.37. The van der Waals surface area contributed by atoms with Crippen LogP contribution in [-0.2, 0) is 22.8 Å². The Labute approximate surface area is 423 Å². The summed E-state index contributed by atoms with van der Waals surface area (Å²) in [6.07, 6.45) is 0. The van der Waals surface area contributed by atoms with Crippen molar-refractivity contribution in [1.29, 1.82) is 0 Å². The predicted octanol–water partition coefficient (Wildman–Crippen LogP) is 11.6. The zero-order chi connectivity index (χ0) is 48.4. The minimum atomic E-state index is -0.481. The number of furan rings is 2. The highest BCUT2D eigenvalue weighted by atomic mass is 79.9. The average molecular weight is 1080 g/mol. The number of aromatic nitrogens is 2. The lowest BCUT2D eigenvalue weighted by molar-refractivity contribution is 0.0193. The highest BCUT2D eigenvalue weighted by molar-refractivity contribution is 9.10. The molecular weight excluding hydrogens is 1020 g/mol. The van der Waals surface area contributed by atoms with Gasteiger partial charge in [-0.1, -0.05) is 61.1 Å². The number of nitrogens with zero attached hydrogens (tertiary/aromatic N) is 4. The van der Waals surface area contributed by atoms with Crippen molar-refractivity contribution in [3.05, 3.63) is 175 Å². The number of oxime groups is 1. The van der Waals surface area contributed by atoms with Crippen molar-refractivity contribution in [1.82, 2.24) is 25.7 Å². The first-order valence-electron chi connectivity index (χ1n) is 21.8. The van der Waals surface area contributed by atoms with Gasteiger partial charge in [0.1, 0.15) is 58.2 Å². The van der Waals surface area contributed by atoms with Gasteiger partial charge in [0.25, 0.3) is 5.91 Å². The quantitative estimate of drug-likeness (QED) is 0.0880. The average Bonchev–Trinajstić information content (AvgIpc) is 4.03. The van der Waals surface area contributed by atoms with Gasteiger partial charge in [-0.3, -0.25) is 9.63 Å². The number of halogens is 2. The van der Waals surface area contributed by atoms with Gasteiger partial charge in [-0.25, -0.2) is 15.4 Å². The number of hydroxylamine groups is 1. The first kappa shape index (κ1) is 50.9. The minimum Gasteiger partial charge on any atom is -0.497 e. The van der Waals surface area contributed by atoms with Crippen LogP contribution in [0.1, 0.15) is 69.5 Å². The Morgan fingerprint density at radius 1 is 0.729 bits per heavy atom. The molecule has 0 fully saturated rings. The van der Waals surface area contributed by atoms with Crippen LogP contribution in [0.15, 0.2) is 144 Å². The third kappa shape index (κ3) is 11.9. The zero-order valence-corrected chi connectivity index (χ0v) is 41.9. The maximum atomic E-state index is 12.5. The topological polar surface area (TPSA) is 164 Å². The second-order valence-electron chi connectivity index (χ2n) is 15.9. The smallest absolute Gasteiger partial charge is 0.293 e. The fourth-order valence-corrected chi connectivity index (χ4v) is 8.41. The Morgan fingerprint density at radius 3 is 1.94 bits per heavy atom. The van der Waals surface area contributed by atoms with Crippen molar-refractivity contribution in [3.63, 3.8) is 0 Å². The Morgan fingerprint density at radius 2 is 1.33 bits per heavy atom. The molecule has 0 bridgehead atoms. The van der Waals surface area contributed by atoms with Gasteiger partial charge in [0, 0.05) is 23.9 Å². The van der Waals surface area contributed by atoms with Crippen LogP contribution >= 0.6 is 31.9 Å². The Bertz CT molecular complexity index is 3070. The minimum absolute atomic E-state index is 0. The summed E-state index contributed by atoms with van der Waals surface area (Å²) in [5, 5.41) is 9.99. The van der Waals surface area contributed by atoms with Crippen molar-refractivity contribution in [2.24, 2.45) is 5.16 Å². The third-order valence-corrected chi connectivity index (χ3v) is 12.6. The van der Waals surface area contributed by atoms with Gasteiger partial charge in [-0.05, 0) is 141 Å². The van der Waals surface area contributed by atoms with E-state index in [1.54, 1.807) is 33.5 Å². The van der Waals surface area contributed by atoms with Crippen LogP contribution < -0.4 is 29.7 Å². The van der Waals surface area contributed by atoms with E-state index in [1.165, 1.54) is 12.7 Å². The fourth-order valence-electron chi connectivity index (χ4n) is 7.64. The molecule has 4 aromatic carbocycles. The molecule has 0 saturated heterocycles. The molecule has 2 atom stereocenters. The van der Waals surface area contributed by atoms with E-state index in [2.05, 4.69) is 81.7 Å². The number of methoxy groups -OCH3 is 4. The molecule has 0 aliphatic carbocycles. The second-order valence-corrected chi connectivity index (χ2v) is 17.6. The molecule has 17 heteroatoms. The molecule has 364 valence electrons. The van der Waals surface area contributed by atoms with Crippen LogP contribution in [0.4, 0.5) is 0 Å². The summed E-state index contributed by atoms with van der Waals surface area (Å²) in [4.78, 5) is 34.8. The fraction of sp³-hybridized carbons (Fsp3) is 0.245. The van der Waals surface area contributed by atoms with Crippen LogP contribution in [0.5, 0.6) is 23.3 Å². The lowest BCUT2D eigenvalue weighted by atomic mass is 10.1. The number of fused-ring (bicyclic) bond motifs is 2. The van der Waals surface area contributed by atoms with Gasteiger partial charge >= 0.3 is 0 Å². The number of carbonyl (C=O) groups is 1. The van der Waals surface area contributed by atoms with Gasteiger partial charge < -0.3 is 42.8 Å². The predicted molar refractivity (Wildman–Crippen MR) is 275 cm³/mol. The van der Waals surface area contributed by atoms with Crippen LogP contribution in [0, 0.1) is 13.8 Å². The van der Waals surface area contributed by atoms with E-state index in [-0.39, 0.29) is 31.8 Å². The molecule has 0 unspecified atom stereocenters. The van der Waals surface area contributed by atoms with Crippen molar-refractivity contribution in [2.75, 3.05) is 41.7 Å². The van der Waals surface area contributed by atoms with Crippen molar-refractivity contribution in [3.8, 4) is 23.3 Å². The lowest BCUT2D eigenvalue weighted by Gasteiger charge is -2.35. The highest BCUT2D eigenvalue weighted by Gasteiger charge is 2.33. The van der Waals surface area contributed by atoms with Gasteiger partial charge in [0.05, 0.1) is 50.0 Å². The molecule has 2 N–H and O–H groups in total. The number of ether oxygens (including phenoxy) is 4. The lowest BCUT2D eigenvalue weighted by Crippen LogP contribution is -2.40. The van der Waals surface area contributed by atoms with Crippen LogP contribution in [0.2, 0.25) is 0 Å². The molecule has 1 aliphatic rings. The van der Waals surface area contributed by atoms with Crippen LogP contribution in [-0.4, -0.2) is 68.3 Å². The first-order chi connectivity index (χ1) is 33.5. The van der Waals surface area contributed by atoms with Gasteiger partial charge in [-0.2, -0.15) is 0 Å². The molecule has 1 amide bonds. The summed E-state index contributed by atoms with van der Waals surface area (Å²) in [6.45, 7) is 5.75. The Kier molecular flexibility index (Phi) is 17.2. The van der Waals surface area contributed by atoms with Gasteiger partial charge in [-0.15, -0.1) is 0 Å². The van der Waals surface area contributed by atoms with E-state index in [9.17, 15) is 4.79 Å². The monoisotopic (exact) mass is 1080 g/mol. The number of pyridine rings is 2. The van der Waals surface area contributed by atoms with E-state index < -0.39 is 5.91 Å². The van der Waals surface area contributed by atoms with Crippen molar-refractivity contribution < 1.29 is 42.3 Å². The summed E-state index contributed by atoms with van der Waals surface area (Å²) < 4.78 is 34.9. The van der Waals surface area contributed by atoms with Crippen molar-refractivity contribution in [2.45, 2.75) is 46.4 Å². The first-order valence-corrected chi connectivity index (χ1v) is 23.4. The van der Waals surface area contributed by atoms with Gasteiger partial charge in [0.15, 0.2) is 5.84 Å². The summed E-state index contributed by atoms with van der Waals surface area (Å²) in [5.41, 5.74) is 9.38. The molecule has 4 aromatic heterocycles. The Hall–Kier alpha value is -6.92.